The monoisotopic (exact) mass is 309 g/mol. The van der Waals surface area contributed by atoms with Gasteiger partial charge < -0.3 is 5.32 Å². The quantitative estimate of drug-likeness (QED) is 0.937. The van der Waals surface area contributed by atoms with Crippen LogP contribution in [0.5, 0.6) is 0 Å². The Hall–Kier alpha value is -1.49. The largest absolute Gasteiger partial charge is 0.368 e. The van der Waals surface area contributed by atoms with Crippen LogP contribution in [0.2, 0.25) is 0 Å². The SMILES string of the molecule is CCNc1nc(-c2ccccc2Br)nc(C)c1F. The molecule has 0 aliphatic rings. The van der Waals surface area contributed by atoms with E-state index in [1.165, 1.54) is 0 Å². The zero-order valence-electron chi connectivity index (χ0n) is 10.2. The van der Waals surface area contributed by atoms with Crippen molar-refractivity contribution in [3.05, 3.63) is 40.2 Å². The molecule has 1 heterocycles. The Morgan fingerprint density at radius 3 is 2.67 bits per heavy atom. The molecule has 0 saturated carbocycles. The van der Waals surface area contributed by atoms with Gasteiger partial charge in [0.15, 0.2) is 17.5 Å². The van der Waals surface area contributed by atoms with E-state index in [9.17, 15) is 4.39 Å². The highest BCUT2D eigenvalue weighted by Gasteiger charge is 2.13. The predicted octanol–water partition coefficient (Wildman–Crippen LogP) is 3.79. The second-order valence-electron chi connectivity index (χ2n) is 3.81. The van der Waals surface area contributed by atoms with Gasteiger partial charge >= 0.3 is 0 Å². The Balaban J connectivity index is 2.56. The van der Waals surface area contributed by atoms with Gasteiger partial charge in [0.25, 0.3) is 0 Å². The van der Waals surface area contributed by atoms with E-state index in [4.69, 9.17) is 0 Å². The van der Waals surface area contributed by atoms with Crippen LogP contribution in [0.25, 0.3) is 11.4 Å². The minimum atomic E-state index is -0.396. The first kappa shape index (κ1) is 13.0. The van der Waals surface area contributed by atoms with Gasteiger partial charge in [-0.15, -0.1) is 0 Å². The van der Waals surface area contributed by atoms with Crippen molar-refractivity contribution in [2.75, 3.05) is 11.9 Å². The topological polar surface area (TPSA) is 37.8 Å². The fourth-order valence-corrected chi connectivity index (χ4v) is 2.07. The number of aromatic nitrogens is 2. The summed E-state index contributed by atoms with van der Waals surface area (Å²) in [6.45, 7) is 4.15. The Labute approximate surface area is 114 Å². The molecule has 0 unspecified atom stereocenters. The Kier molecular flexibility index (Phi) is 3.91. The molecule has 1 N–H and O–H groups in total. The normalized spacial score (nSPS) is 10.4. The van der Waals surface area contributed by atoms with Crippen molar-refractivity contribution < 1.29 is 4.39 Å². The second-order valence-corrected chi connectivity index (χ2v) is 4.66. The van der Waals surface area contributed by atoms with Crippen LogP contribution >= 0.6 is 15.9 Å². The predicted molar refractivity (Wildman–Crippen MR) is 74.0 cm³/mol. The van der Waals surface area contributed by atoms with Gasteiger partial charge in [0.2, 0.25) is 0 Å². The van der Waals surface area contributed by atoms with Crippen molar-refractivity contribution in [3.8, 4) is 11.4 Å². The summed E-state index contributed by atoms with van der Waals surface area (Å²) >= 11 is 3.45. The number of benzene rings is 1. The lowest BCUT2D eigenvalue weighted by molar-refractivity contribution is 0.606. The highest BCUT2D eigenvalue weighted by atomic mass is 79.9. The molecule has 1 aromatic heterocycles. The molecule has 5 heteroatoms. The first-order valence-corrected chi connectivity index (χ1v) is 6.45. The molecule has 0 aliphatic carbocycles. The molecule has 0 spiro atoms. The average Bonchev–Trinajstić information content (AvgIpc) is 2.35. The molecule has 0 saturated heterocycles. The number of rotatable bonds is 3. The van der Waals surface area contributed by atoms with Gasteiger partial charge in [-0.2, -0.15) is 0 Å². The number of anilines is 1. The lowest BCUT2D eigenvalue weighted by Gasteiger charge is -2.09. The fraction of sp³-hybridized carbons (Fsp3) is 0.231. The molecule has 3 nitrogen and oxygen atoms in total. The van der Waals surface area contributed by atoms with Gasteiger partial charge in [-0.1, -0.05) is 34.1 Å². The van der Waals surface area contributed by atoms with Crippen molar-refractivity contribution >= 4 is 21.7 Å². The summed E-state index contributed by atoms with van der Waals surface area (Å²) in [4.78, 5) is 8.42. The first-order chi connectivity index (χ1) is 8.63. The zero-order valence-corrected chi connectivity index (χ0v) is 11.8. The van der Waals surface area contributed by atoms with E-state index in [-0.39, 0.29) is 5.82 Å². The number of aryl methyl sites for hydroxylation is 1. The Bertz CT molecular complexity index is 572. The van der Waals surface area contributed by atoms with Gasteiger partial charge in [0.1, 0.15) is 0 Å². The van der Waals surface area contributed by atoms with Gasteiger partial charge in [0.05, 0.1) is 5.69 Å². The highest BCUT2D eigenvalue weighted by Crippen LogP contribution is 2.27. The molecule has 0 bridgehead atoms. The molecule has 0 aliphatic heterocycles. The molecular weight excluding hydrogens is 297 g/mol. The van der Waals surface area contributed by atoms with E-state index < -0.39 is 5.82 Å². The number of nitrogens with zero attached hydrogens (tertiary/aromatic N) is 2. The molecule has 0 amide bonds. The lowest BCUT2D eigenvalue weighted by Crippen LogP contribution is -2.07. The molecule has 0 fully saturated rings. The van der Waals surface area contributed by atoms with E-state index in [0.717, 1.165) is 10.0 Å². The average molecular weight is 310 g/mol. The third kappa shape index (κ3) is 2.51. The smallest absolute Gasteiger partial charge is 0.186 e. The van der Waals surface area contributed by atoms with Crippen molar-refractivity contribution in [1.29, 1.82) is 0 Å². The maximum absolute atomic E-state index is 13.8. The van der Waals surface area contributed by atoms with Crippen LogP contribution in [0.1, 0.15) is 12.6 Å². The zero-order chi connectivity index (χ0) is 13.1. The summed E-state index contributed by atoms with van der Waals surface area (Å²) in [5, 5.41) is 2.90. The van der Waals surface area contributed by atoms with Crippen LogP contribution in [0.4, 0.5) is 10.2 Å². The minimum Gasteiger partial charge on any atom is -0.368 e. The molecule has 2 aromatic rings. The van der Waals surface area contributed by atoms with Crippen molar-refractivity contribution in [3.63, 3.8) is 0 Å². The lowest BCUT2D eigenvalue weighted by atomic mass is 10.2. The first-order valence-electron chi connectivity index (χ1n) is 5.66. The molecule has 18 heavy (non-hydrogen) atoms. The number of hydrogen-bond acceptors (Lipinski definition) is 3. The van der Waals surface area contributed by atoms with Gasteiger partial charge in [0, 0.05) is 16.6 Å². The summed E-state index contributed by atoms with van der Waals surface area (Å²) in [6, 6.07) is 7.61. The van der Waals surface area contributed by atoms with Crippen LogP contribution in [0.15, 0.2) is 28.7 Å². The summed E-state index contributed by atoms with van der Waals surface area (Å²) < 4.78 is 14.7. The summed E-state index contributed by atoms with van der Waals surface area (Å²) in [5.74, 6) is 0.362. The van der Waals surface area contributed by atoms with Gasteiger partial charge in [-0.05, 0) is 19.9 Å². The number of halogens is 2. The van der Waals surface area contributed by atoms with E-state index in [1.807, 2.05) is 31.2 Å². The molecular formula is C13H13BrFN3. The number of nitrogens with one attached hydrogen (secondary N) is 1. The summed E-state index contributed by atoms with van der Waals surface area (Å²) in [6.07, 6.45) is 0. The minimum absolute atomic E-state index is 0.246. The molecule has 0 radical (unpaired) electrons. The Morgan fingerprint density at radius 1 is 1.28 bits per heavy atom. The fourth-order valence-electron chi connectivity index (χ4n) is 1.61. The third-order valence-electron chi connectivity index (χ3n) is 2.48. The van der Waals surface area contributed by atoms with E-state index >= 15 is 0 Å². The van der Waals surface area contributed by atoms with E-state index in [2.05, 4.69) is 31.2 Å². The maximum atomic E-state index is 13.8. The molecule has 2 rings (SSSR count). The molecule has 1 aromatic carbocycles. The van der Waals surface area contributed by atoms with E-state index in [1.54, 1.807) is 6.92 Å². The highest BCUT2D eigenvalue weighted by molar-refractivity contribution is 9.10. The van der Waals surface area contributed by atoms with Crippen molar-refractivity contribution in [2.45, 2.75) is 13.8 Å². The molecule has 0 atom stereocenters. The van der Waals surface area contributed by atoms with Crippen LogP contribution in [-0.2, 0) is 0 Å². The van der Waals surface area contributed by atoms with Gasteiger partial charge in [-0.25, -0.2) is 14.4 Å². The van der Waals surface area contributed by atoms with Crippen LogP contribution < -0.4 is 5.32 Å². The molecule has 94 valence electrons. The van der Waals surface area contributed by atoms with Crippen molar-refractivity contribution in [2.24, 2.45) is 0 Å². The maximum Gasteiger partial charge on any atom is 0.186 e. The third-order valence-corrected chi connectivity index (χ3v) is 3.17. The summed E-state index contributed by atoms with van der Waals surface area (Å²) in [5.41, 5.74) is 1.19. The van der Waals surface area contributed by atoms with Crippen LogP contribution in [-0.4, -0.2) is 16.5 Å². The standard InChI is InChI=1S/C13H13BrFN3/c1-3-16-13-11(15)8(2)17-12(18-13)9-6-4-5-7-10(9)14/h4-7H,3H2,1-2H3,(H,16,17,18). The van der Waals surface area contributed by atoms with Crippen LogP contribution in [0, 0.1) is 12.7 Å². The van der Waals surface area contributed by atoms with Gasteiger partial charge in [-0.3, -0.25) is 0 Å². The number of hydrogen-bond donors (Lipinski definition) is 1. The summed E-state index contributed by atoms with van der Waals surface area (Å²) in [7, 11) is 0. The van der Waals surface area contributed by atoms with Crippen molar-refractivity contribution in [1.82, 2.24) is 9.97 Å². The Morgan fingerprint density at radius 2 is 2.00 bits per heavy atom. The van der Waals surface area contributed by atoms with E-state index in [0.29, 0.717) is 18.1 Å². The van der Waals surface area contributed by atoms with Crippen LogP contribution in [0.3, 0.4) is 0 Å². The second kappa shape index (κ2) is 5.44.